The number of aromatic nitrogens is 2. The lowest BCUT2D eigenvalue weighted by molar-refractivity contribution is 0.550. The van der Waals surface area contributed by atoms with Gasteiger partial charge in [-0.25, -0.2) is 17.5 Å². The molecule has 0 unspecified atom stereocenters. The summed E-state index contributed by atoms with van der Waals surface area (Å²) in [4.78, 5) is 0.197. The molecule has 3 rings (SSSR count). The smallest absolute Gasteiger partial charge is 0.244 e. The normalized spacial score (nSPS) is 16.7. The number of rotatable bonds is 5. The van der Waals surface area contributed by atoms with Gasteiger partial charge in [-0.15, -0.1) is 0 Å². The highest BCUT2D eigenvalue weighted by Gasteiger charge is 2.48. The fraction of sp³-hybridized carbons (Fsp3) is 0.400. The number of hydrogen-bond acceptors (Lipinski definition) is 3. The largest absolute Gasteiger partial charge is 0.271 e. The molecule has 0 saturated heterocycles. The first-order chi connectivity index (χ1) is 10.4. The van der Waals surface area contributed by atoms with Gasteiger partial charge in [-0.2, -0.15) is 5.10 Å². The predicted molar refractivity (Wildman–Crippen MR) is 80.3 cm³/mol. The monoisotopic (exact) mass is 323 g/mol. The molecule has 1 aliphatic rings. The molecule has 0 radical (unpaired) electrons. The molecule has 1 aromatic heterocycles. The minimum atomic E-state index is -3.66. The van der Waals surface area contributed by atoms with Gasteiger partial charge in [0.05, 0.1) is 11.2 Å². The number of nitrogens with zero attached hydrogens (tertiary/aromatic N) is 2. The number of aryl methyl sites for hydroxylation is 2. The summed E-state index contributed by atoms with van der Waals surface area (Å²) in [6, 6.07) is 5.97. The average molecular weight is 323 g/mol. The van der Waals surface area contributed by atoms with Crippen molar-refractivity contribution >= 4 is 10.0 Å². The van der Waals surface area contributed by atoms with E-state index >= 15 is 0 Å². The Kier molecular flexibility index (Phi) is 3.57. The summed E-state index contributed by atoms with van der Waals surface area (Å²) >= 11 is 0. The Balaban J connectivity index is 1.91. The van der Waals surface area contributed by atoms with E-state index < -0.39 is 15.6 Å². The van der Waals surface area contributed by atoms with Crippen LogP contribution in [0.2, 0.25) is 0 Å². The Morgan fingerprint density at radius 1 is 1.32 bits per heavy atom. The molecule has 1 aliphatic carbocycles. The highest BCUT2D eigenvalue weighted by molar-refractivity contribution is 7.89. The molecular formula is C15H18FN3O2S. The van der Waals surface area contributed by atoms with Gasteiger partial charge in [-0.1, -0.05) is 12.1 Å². The highest BCUT2D eigenvalue weighted by atomic mass is 32.2. The van der Waals surface area contributed by atoms with Crippen LogP contribution >= 0.6 is 0 Å². The van der Waals surface area contributed by atoms with Crippen molar-refractivity contribution in [2.75, 3.05) is 0 Å². The van der Waals surface area contributed by atoms with Crippen molar-refractivity contribution in [2.45, 2.75) is 43.7 Å². The van der Waals surface area contributed by atoms with Crippen molar-refractivity contribution in [3.8, 4) is 0 Å². The van der Waals surface area contributed by atoms with Gasteiger partial charge in [0.25, 0.3) is 0 Å². The topological polar surface area (TPSA) is 64.0 Å². The number of hydrogen-bond donors (Lipinski definition) is 1. The van der Waals surface area contributed by atoms with Crippen molar-refractivity contribution < 1.29 is 12.8 Å². The molecule has 1 aromatic carbocycles. The maximum absolute atomic E-state index is 13.0. The fourth-order valence-electron chi connectivity index (χ4n) is 2.58. The zero-order valence-corrected chi connectivity index (χ0v) is 13.3. The van der Waals surface area contributed by atoms with Crippen molar-refractivity contribution in [3.05, 3.63) is 47.5 Å². The first-order valence-electron chi connectivity index (χ1n) is 7.20. The van der Waals surface area contributed by atoms with E-state index in [9.17, 15) is 12.8 Å². The fourth-order valence-corrected chi connectivity index (χ4v) is 4.22. The third-order valence-corrected chi connectivity index (χ3v) is 5.63. The van der Waals surface area contributed by atoms with E-state index in [1.807, 2.05) is 6.92 Å². The molecule has 7 heteroatoms. The van der Waals surface area contributed by atoms with Crippen LogP contribution in [0.5, 0.6) is 0 Å². The maximum atomic E-state index is 13.0. The minimum absolute atomic E-state index is 0.197. The van der Waals surface area contributed by atoms with Crippen LogP contribution in [0.3, 0.4) is 0 Å². The Bertz CT molecular complexity index is 793. The second-order valence-corrected chi connectivity index (χ2v) is 7.28. The Morgan fingerprint density at radius 3 is 2.45 bits per heavy atom. The van der Waals surface area contributed by atoms with E-state index in [1.165, 1.54) is 12.1 Å². The zero-order chi connectivity index (χ0) is 16.0. The zero-order valence-electron chi connectivity index (χ0n) is 12.5. The molecule has 118 valence electrons. The SMILES string of the molecule is CCn1cc(S(=O)(=O)NC2(c3ccc(F)cc3)CC2)c(C)n1. The van der Waals surface area contributed by atoms with Crippen LogP contribution in [0, 0.1) is 12.7 Å². The maximum Gasteiger partial charge on any atom is 0.244 e. The van der Waals surface area contributed by atoms with Crippen molar-refractivity contribution in [3.63, 3.8) is 0 Å². The quantitative estimate of drug-likeness (QED) is 0.918. The van der Waals surface area contributed by atoms with E-state index in [1.54, 1.807) is 29.9 Å². The minimum Gasteiger partial charge on any atom is -0.271 e. The van der Waals surface area contributed by atoms with Gasteiger partial charge in [0.2, 0.25) is 10.0 Å². The summed E-state index contributed by atoms with van der Waals surface area (Å²) in [5.41, 5.74) is 0.648. The molecular weight excluding hydrogens is 305 g/mol. The first-order valence-corrected chi connectivity index (χ1v) is 8.69. The summed E-state index contributed by atoms with van der Waals surface area (Å²) < 4.78 is 42.7. The van der Waals surface area contributed by atoms with Crippen LogP contribution in [0.1, 0.15) is 31.0 Å². The molecule has 1 saturated carbocycles. The van der Waals surface area contributed by atoms with E-state index in [4.69, 9.17) is 0 Å². The molecule has 0 aliphatic heterocycles. The predicted octanol–water partition coefficient (Wildman–Crippen LogP) is 2.32. The summed E-state index contributed by atoms with van der Waals surface area (Å²) in [5.74, 6) is -0.331. The molecule has 0 bridgehead atoms. The average Bonchev–Trinajstić information content (AvgIpc) is 3.12. The second kappa shape index (κ2) is 5.17. The summed E-state index contributed by atoms with van der Waals surface area (Å²) in [5, 5.41) is 4.18. The molecule has 5 nitrogen and oxygen atoms in total. The molecule has 0 spiro atoms. The van der Waals surface area contributed by atoms with Gasteiger partial charge >= 0.3 is 0 Å². The third-order valence-electron chi connectivity index (χ3n) is 3.99. The third kappa shape index (κ3) is 2.66. The lowest BCUT2D eigenvalue weighted by atomic mass is 10.1. The lowest BCUT2D eigenvalue weighted by Gasteiger charge is -2.17. The van der Waals surface area contributed by atoms with Crippen LogP contribution in [-0.2, 0) is 22.1 Å². The van der Waals surface area contributed by atoms with Gasteiger partial charge in [-0.05, 0) is 44.4 Å². The lowest BCUT2D eigenvalue weighted by Crippen LogP contribution is -2.35. The summed E-state index contributed by atoms with van der Waals surface area (Å²) in [6.07, 6.45) is 2.95. The van der Waals surface area contributed by atoms with Gasteiger partial charge in [0, 0.05) is 12.7 Å². The van der Waals surface area contributed by atoms with Gasteiger partial charge in [0.1, 0.15) is 10.7 Å². The number of halogens is 1. The highest BCUT2D eigenvalue weighted by Crippen LogP contribution is 2.46. The van der Waals surface area contributed by atoms with Crippen LogP contribution in [0.15, 0.2) is 35.4 Å². The van der Waals surface area contributed by atoms with Crippen LogP contribution in [0.25, 0.3) is 0 Å². The van der Waals surface area contributed by atoms with Crippen molar-refractivity contribution in [1.29, 1.82) is 0 Å². The first kappa shape index (κ1) is 15.2. The molecule has 2 aromatic rings. The van der Waals surface area contributed by atoms with E-state index in [0.29, 0.717) is 25.1 Å². The van der Waals surface area contributed by atoms with Crippen LogP contribution in [-0.4, -0.2) is 18.2 Å². The molecule has 0 amide bonds. The summed E-state index contributed by atoms with van der Waals surface area (Å²) in [7, 11) is -3.66. The molecule has 1 fully saturated rings. The van der Waals surface area contributed by atoms with Gasteiger partial charge < -0.3 is 0 Å². The summed E-state index contributed by atoms with van der Waals surface area (Å²) in [6.45, 7) is 4.19. The number of sulfonamides is 1. The standard InChI is InChI=1S/C15H18FN3O2S/c1-3-19-10-14(11(2)17-19)22(20,21)18-15(8-9-15)12-4-6-13(16)7-5-12/h4-7,10,18H,3,8-9H2,1-2H3. The molecule has 1 heterocycles. The Morgan fingerprint density at radius 2 is 1.95 bits per heavy atom. The van der Waals surface area contributed by atoms with Crippen molar-refractivity contribution in [2.24, 2.45) is 0 Å². The van der Waals surface area contributed by atoms with E-state index in [-0.39, 0.29) is 10.7 Å². The van der Waals surface area contributed by atoms with Crippen LogP contribution < -0.4 is 4.72 Å². The Hall–Kier alpha value is -1.73. The number of benzene rings is 1. The van der Waals surface area contributed by atoms with E-state index in [0.717, 1.165) is 5.56 Å². The van der Waals surface area contributed by atoms with E-state index in [2.05, 4.69) is 9.82 Å². The second-order valence-electron chi connectivity index (χ2n) is 5.63. The number of nitrogens with one attached hydrogen (secondary N) is 1. The molecule has 1 N–H and O–H groups in total. The van der Waals surface area contributed by atoms with Crippen LogP contribution in [0.4, 0.5) is 4.39 Å². The van der Waals surface area contributed by atoms with Gasteiger partial charge in [0.15, 0.2) is 0 Å². The molecule has 22 heavy (non-hydrogen) atoms. The van der Waals surface area contributed by atoms with Crippen molar-refractivity contribution in [1.82, 2.24) is 14.5 Å². The Labute approximate surface area is 129 Å². The molecule has 0 atom stereocenters. The van der Waals surface area contributed by atoms with Gasteiger partial charge in [-0.3, -0.25) is 4.68 Å².